The van der Waals surface area contributed by atoms with E-state index in [0.717, 1.165) is 12.2 Å². The van der Waals surface area contributed by atoms with E-state index in [4.69, 9.17) is 0 Å². The molecule has 2 amide bonds. The Morgan fingerprint density at radius 1 is 1.56 bits per heavy atom. The highest BCUT2D eigenvalue weighted by Crippen LogP contribution is 2.25. The summed E-state index contributed by atoms with van der Waals surface area (Å²) in [4.78, 5) is 18.0. The minimum atomic E-state index is -0.0138. The van der Waals surface area contributed by atoms with Gasteiger partial charge in [0.25, 0.3) is 0 Å². The van der Waals surface area contributed by atoms with E-state index in [0.29, 0.717) is 5.92 Å². The Balaban J connectivity index is 1.85. The predicted octanol–water partition coefficient (Wildman–Crippen LogP) is 2.58. The van der Waals surface area contributed by atoms with Crippen LogP contribution in [0.15, 0.2) is 24.4 Å². The molecule has 0 aliphatic heterocycles. The highest BCUT2D eigenvalue weighted by atomic mass is 16.2. The fraction of sp³-hybridized carbons (Fsp3) is 0.571. The largest absolute Gasteiger partial charge is 0.338 e. The van der Waals surface area contributed by atoms with Crippen LogP contribution >= 0.6 is 0 Å². The lowest BCUT2D eigenvalue weighted by molar-refractivity contribution is 0.187. The molecule has 0 radical (unpaired) electrons. The smallest absolute Gasteiger partial charge is 0.317 e. The van der Waals surface area contributed by atoms with Crippen molar-refractivity contribution in [1.82, 2.24) is 15.2 Å². The maximum Gasteiger partial charge on any atom is 0.317 e. The lowest BCUT2D eigenvalue weighted by Crippen LogP contribution is -2.41. The van der Waals surface area contributed by atoms with Crippen molar-refractivity contribution in [3.63, 3.8) is 0 Å². The highest BCUT2D eigenvalue weighted by Gasteiger charge is 2.21. The third-order valence-corrected chi connectivity index (χ3v) is 3.78. The molecule has 0 aromatic carbocycles. The van der Waals surface area contributed by atoms with E-state index in [9.17, 15) is 4.79 Å². The summed E-state index contributed by atoms with van der Waals surface area (Å²) in [6.07, 6.45) is 5.56. The van der Waals surface area contributed by atoms with Gasteiger partial charge >= 0.3 is 6.03 Å². The van der Waals surface area contributed by atoms with Gasteiger partial charge in [-0.25, -0.2) is 4.79 Å². The first kappa shape index (κ1) is 12.9. The molecule has 2 rings (SSSR count). The number of hydrogen-bond donors (Lipinski definition) is 1. The van der Waals surface area contributed by atoms with Crippen LogP contribution in [0.25, 0.3) is 0 Å². The van der Waals surface area contributed by atoms with Crippen LogP contribution in [-0.4, -0.2) is 29.5 Å². The maximum absolute atomic E-state index is 12.0. The van der Waals surface area contributed by atoms with Crippen molar-refractivity contribution in [2.45, 2.75) is 32.2 Å². The third kappa shape index (κ3) is 3.00. The zero-order valence-corrected chi connectivity index (χ0v) is 11.1. The van der Waals surface area contributed by atoms with Gasteiger partial charge in [-0.1, -0.05) is 12.5 Å². The Morgan fingerprint density at radius 2 is 2.33 bits per heavy atom. The first-order chi connectivity index (χ1) is 8.68. The Hall–Kier alpha value is -1.58. The summed E-state index contributed by atoms with van der Waals surface area (Å²) in [6, 6.07) is 5.75. The molecule has 0 saturated heterocycles. The average molecular weight is 247 g/mol. The molecule has 0 unspecified atom stereocenters. The van der Waals surface area contributed by atoms with Gasteiger partial charge in [0.1, 0.15) is 0 Å². The number of carbonyl (C=O) groups is 1. The number of amides is 2. The summed E-state index contributed by atoms with van der Waals surface area (Å²) in [7, 11) is 1.81. The van der Waals surface area contributed by atoms with E-state index < -0.39 is 0 Å². The minimum Gasteiger partial charge on any atom is -0.338 e. The molecule has 1 aliphatic carbocycles. The van der Waals surface area contributed by atoms with Gasteiger partial charge in [-0.05, 0) is 37.8 Å². The number of carbonyl (C=O) groups excluding carboxylic acids is 1. The summed E-state index contributed by atoms with van der Waals surface area (Å²) in [5.74, 6) is 0.688. The summed E-state index contributed by atoms with van der Waals surface area (Å²) in [5.41, 5.74) is 0.916. The number of pyridine rings is 1. The molecule has 4 heteroatoms. The summed E-state index contributed by atoms with van der Waals surface area (Å²) in [6.45, 7) is 2.80. The maximum atomic E-state index is 12.0. The van der Waals surface area contributed by atoms with Crippen LogP contribution in [0.1, 0.15) is 37.9 Å². The summed E-state index contributed by atoms with van der Waals surface area (Å²) >= 11 is 0. The zero-order chi connectivity index (χ0) is 13.0. The van der Waals surface area contributed by atoms with Crippen LogP contribution in [0.3, 0.4) is 0 Å². The summed E-state index contributed by atoms with van der Waals surface area (Å²) in [5, 5.41) is 2.99. The predicted molar refractivity (Wildman–Crippen MR) is 71.2 cm³/mol. The lowest BCUT2D eigenvalue weighted by atomic mass is 9.85. The average Bonchev–Trinajstić information content (AvgIpc) is 2.36. The van der Waals surface area contributed by atoms with Crippen molar-refractivity contribution in [3.8, 4) is 0 Å². The number of rotatable bonds is 4. The Morgan fingerprint density at radius 3 is 2.89 bits per heavy atom. The van der Waals surface area contributed by atoms with Crippen molar-refractivity contribution >= 4 is 6.03 Å². The molecule has 0 spiro atoms. The molecule has 1 heterocycles. The third-order valence-electron chi connectivity index (χ3n) is 3.78. The summed E-state index contributed by atoms with van der Waals surface area (Å²) < 4.78 is 0. The van der Waals surface area contributed by atoms with Gasteiger partial charge in [0, 0.05) is 19.8 Å². The van der Waals surface area contributed by atoms with Crippen LogP contribution in [0.4, 0.5) is 4.79 Å². The van der Waals surface area contributed by atoms with Gasteiger partial charge in [0.15, 0.2) is 0 Å². The van der Waals surface area contributed by atoms with E-state index in [1.165, 1.54) is 19.3 Å². The standard InChI is InChI=1S/C14H21N3O/c1-11(13-8-3-4-9-15-13)17(2)14(18)16-10-12-6-5-7-12/h3-4,8-9,11-12H,5-7,10H2,1-2H3,(H,16,18)/t11-/m0/s1. The van der Waals surface area contributed by atoms with Gasteiger partial charge in [0.2, 0.25) is 0 Å². The Bertz CT molecular complexity index is 389. The van der Waals surface area contributed by atoms with Crippen LogP contribution < -0.4 is 5.32 Å². The molecular weight excluding hydrogens is 226 g/mol. The normalized spacial score (nSPS) is 16.8. The Labute approximate surface area is 108 Å². The molecule has 98 valence electrons. The molecule has 4 nitrogen and oxygen atoms in total. The van der Waals surface area contributed by atoms with Crippen molar-refractivity contribution in [2.75, 3.05) is 13.6 Å². The first-order valence-corrected chi connectivity index (χ1v) is 6.60. The second-order valence-electron chi connectivity index (χ2n) is 5.02. The van der Waals surface area contributed by atoms with Crippen LogP contribution in [0.2, 0.25) is 0 Å². The molecule has 1 aromatic rings. The number of urea groups is 1. The monoisotopic (exact) mass is 247 g/mol. The van der Waals surface area contributed by atoms with E-state index in [1.807, 2.05) is 32.2 Å². The second-order valence-corrected chi connectivity index (χ2v) is 5.02. The molecule has 1 atom stereocenters. The topological polar surface area (TPSA) is 45.2 Å². The van der Waals surface area contributed by atoms with Crippen LogP contribution in [0.5, 0.6) is 0 Å². The lowest BCUT2D eigenvalue weighted by Gasteiger charge is -2.29. The van der Waals surface area contributed by atoms with Gasteiger partial charge in [-0.15, -0.1) is 0 Å². The van der Waals surface area contributed by atoms with Gasteiger partial charge in [-0.2, -0.15) is 0 Å². The van der Waals surface area contributed by atoms with Crippen LogP contribution in [0, 0.1) is 5.92 Å². The Kier molecular flexibility index (Phi) is 4.18. The number of aromatic nitrogens is 1. The molecule has 18 heavy (non-hydrogen) atoms. The number of nitrogens with zero attached hydrogens (tertiary/aromatic N) is 2. The first-order valence-electron chi connectivity index (χ1n) is 6.60. The van der Waals surface area contributed by atoms with Crippen LogP contribution in [-0.2, 0) is 0 Å². The molecule has 1 fully saturated rings. The number of hydrogen-bond acceptors (Lipinski definition) is 2. The molecular formula is C14H21N3O. The quantitative estimate of drug-likeness (QED) is 0.888. The van der Waals surface area contributed by atoms with E-state index in [2.05, 4.69) is 10.3 Å². The van der Waals surface area contributed by atoms with Gasteiger partial charge < -0.3 is 10.2 Å². The van der Waals surface area contributed by atoms with Crippen molar-refractivity contribution in [2.24, 2.45) is 5.92 Å². The minimum absolute atomic E-state index is 0.00686. The van der Waals surface area contributed by atoms with Crippen molar-refractivity contribution in [3.05, 3.63) is 30.1 Å². The zero-order valence-electron chi connectivity index (χ0n) is 11.1. The SMILES string of the molecule is C[C@@H](c1ccccn1)N(C)C(=O)NCC1CCC1. The highest BCUT2D eigenvalue weighted by molar-refractivity contribution is 5.74. The van der Waals surface area contributed by atoms with Crippen molar-refractivity contribution in [1.29, 1.82) is 0 Å². The van der Waals surface area contributed by atoms with E-state index in [-0.39, 0.29) is 12.1 Å². The van der Waals surface area contributed by atoms with Gasteiger partial charge in [0.05, 0.1) is 11.7 Å². The fourth-order valence-corrected chi connectivity index (χ4v) is 2.05. The van der Waals surface area contributed by atoms with Crippen molar-refractivity contribution < 1.29 is 4.79 Å². The fourth-order valence-electron chi connectivity index (χ4n) is 2.05. The van der Waals surface area contributed by atoms with E-state index in [1.54, 1.807) is 11.1 Å². The number of nitrogens with one attached hydrogen (secondary N) is 1. The van der Waals surface area contributed by atoms with E-state index >= 15 is 0 Å². The van der Waals surface area contributed by atoms with Gasteiger partial charge in [-0.3, -0.25) is 4.98 Å². The molecule has 1 aliphatic rings. The molecule has 0 bridgehead atoms. The molecule has 1 N–H and O–H groups in total. The molecule has 1 saturated carbocycles. The second kappa shape index (κ2) is 5.85. The molecule has 1 aromatic heterocycles.